The summed E-state index contributed by atoms with van der Waals surface area (Å²) in [5.41, 5.74) is 12.7. The maximum absolute atomic E-state index is 12.5. The molecule has 0 spiro atoms. The first kappa shape index (κ1) is 17.0. The Morgan fingerprint density at radius 3 is 1.86 bits per heavy atom. The van der Waals surface area contributed by atoms with E-state index in [0.29, 0.717) is 0 Å². The van der Waals surface area contributed by atoms with E-state index in [1.165, 1.54) is 22.3 Å². The van der Waals surface area contributed by atoms with Crippen molar-refractivity contribution in [1.29, 1.82) is 0 Å². The van der Waals surface area contributed by atoms with Crippen LogP contribution < -0.4 is 11.1 Å². The fraction of sp³-hybridized carbons (Fsp3) is 0.208. The highest BCUT2D eigenvalue weighted by atomic mass is 16.5. The molecule has 0 radical (unpaired) electrons. The quantitative estimate of drug-likeness (QED) is 0.735. The minimum Gasteiger partial charge on any atom is -0.445 e. The third kappa shape index (κ3) is 2.69. The Balaban J connectivity index is 1.42. The van der Waals surface area contributed by atoms with E-state index in [4.69, 9.17) is 10.5 Å². The zero-order valence-corrected chi connectivity index (χ0v) is 15.4. The molecule has 3 aromatic rings. The standard InChI is InChI=1S/C24H22N2O2/c25-22-20-16-10-4-6-12-18(16)21(19-13-7-5-11-17(19)20)23(22)26-24(27)28-14-15-8-2-1-3-9-15/h1-13,20-23H,14,25H2,(H,26,27). The number of nitrogens with two attached hydrogens (primary N) is 1. The highest BCUT2D eigenvalue weighted by Gasteiger charge is 2.48. The van der Waals surface area contributed by atoms with Crippen LogP contribution in [0.4, 0.5) is 4.79 Å². The number of nitrogens with one attached hydrogen (secondary N) is 1. The van der Waals surface area contributed by atoms with Crippen LogP contribution in [0.15, 0.2) is 78.9 Å². The summed E-state index contributed by atoms with van der Waals surface area (Å²) in [6.45, 7) is 0.246. The molecule has 4 nitrogen and oxygen atoms in total. The predicted molar refractivity (Wildman–Crippen MR) is 108 cm³/mol. The molecule has 4 heteroatoms. The molecular weight excluding hydrogens is 348 g/mol. The lowest BCUT2D eigenvalue weighted by atomic mass is 9.59. The molecule has 3 aromatic carbocycles. The Bertz CT molecular complexity index is 970. The van der Waals surface area contributed by atoms with Crippen molar-refractivity contribution in [3.05, 3.63) is 107 Å². The first-order valence-corrected chi connectivity index (χ1v) is 9.64. The summed E-state index contributed by atoms with van der Waals surface area (Å²) in [5.74, 6) is 0.119. The highest BCUT2D eigenvalue weighted by molar-refractivity contribution is 5.70. The van der Waals surface area contributed by atoms with Crippen molar-refractivity contribution in [2.45, 2.75) is 30.5 Å². The summed E-state index contributed by atoms with van der Waals surface area (Å²) in [6, 6.07) is 26.1. The molecular formula is C24H22N2O2. The minimum atomic E-state index is -0.424. The number of amides is 1. The number of benzene rings is 3. The number of alkyl carbamates (subject to hydrolysis) is 1. The third-order valence-corrected chi connectivity index (χ3v) is 5.99. The van der Waals surface area contributed by atoms with Gasteiger partial charge in [-0.1, -0.05) is 78.9 Å². The van der Waals surface area contributed by atoms with Crippen LogP contribution >= 0.6 is 0 Å². The lowest BCUT2D eigenvalue weighted by Crippen LogP contribution is -2.59. The second kappa shape index (κ2) is 6.80. The van der Waals surface area contributed by atoms with Crippen LogP contribution in [0.2, 0.25) is 0 Å². The number of fused-ring (bicyclic) bond motifs is 1. The molecule has 0 heterocycles. The van der Waals surface area contributed by atoms with Gasteiger partial charge in [-0.05, 0) is 27.8 Å². The summed E-state index contributed by atoms with van der Waals surface area (Å²) in [4.78, 5) is 12.5. The average Bonchev–Trinajstić information content (AvgIpc) is 2.74. The first-order valence-electron chi connectivity index (χ1n) is 9.64. The molecule has 0 saturated carbocycles. The summed E-state index contributed by atoms with van der Waals surface area (Å²) in [7, 11) is 0. The van der Waals surface area contributed by atoms with Crippen LogP contribution in [0, 0.1) is 0 Å². The SMILES string of the molecule is NC1C2c3ccccc3C(c3ccccc32)C1NC(=O)OCc1ccccc1. The third-order valence-electron chi connectivity index (χ3n) is 5.99. The number of hydrogen-bond acceptors (Lipinski definition) is 3. The first-order chi connectivity index (χ1) is 13.7. The van der Waals surface area contributed by atoms with Crippen LogP contribution in [0.25, 0.3) is 0 Å². The Hall–Kier alpha value is -3.11. The van der Waals surface area contributed by atoms with Gasteiger partial charge in [0.2, 0.25) is 0 Å². The van der Waals surface area contributed by atoms with Gasteiger partial charge in [-0.2, -0.15) is 0 Å². The molecule has 6 rings (SSSR count). The van der Waals surface area contributed by atoms with Crippen LogP contribution in [0.5, 0.6) is 0 Å². The van der Waals surface area contributed by atoms with Gasteiger partial charge in [-0.15, -0.1) is 0 Å². The van der Waals surface area contributed by atoms with Gasteiger partial charge in [0.15, 0.2) is 0 Å². The zero-order chi connectivity index (χ0) is 19.1. The van der Waals surface area contributed by atoms with E-state index in [2.05, 4.69) is 53.8 Å². The number of rotatable bonds is 3. The van der Waals surface area contributed by atoms with Crippen molar-refractivity contribution in [3.63, 3.8) is 0 Å². The van der Waals surface area contributed by atoms with Crippen LogP contribution in [-0.2, 0) is 11.3 Å². The number of carbonyl (C=O) groups is 1. The van der Waals surface area contributed by atoms with E-state index in [1.807, 2.05) is 30.3 Å². The zero-order valence-electron chi connectivity index (χ0n) is 15.4. The van der Waals surface area contributed by atoms with Crippen LogP contribution in [-0.4, -0.2) is 18.2 Å². The van der Waals surface area contributed by atoms with Gasteiger partial charge in [0.25, 0.3) is 0 Å². The van der Waals surface area contributed by atoms with Gasteiger partial charge >= 0.3 is 6.09 Å². The van der Waals surface area contributed by atoms with E-state index < -0.39 is 6.09 Å². The minimum absolute atomic E-state index is 0.0386. The van der Waals surface area contributed by atoms with Crippen molar-refractivity contribution in [1.82, 2.24) is 5.32 Å². The van der Waals surface area contributed by atoms with Crippen molar-refractivity contribution < 1.29 is 9.53 Å². The highest BCUT2D eigenvalue weighted by Crippen LogP contribution is 2.52. The van der Waals surface area contributed by atoms with Gasteiger partial charge in [-0.25, -0.2) is 4.79 Å². The smallest absolute Gasteiger partial charge is 0.407 e. The lowest BCUT2D eigenvalue weighted by Gasteiger charge is -2.49. The van der Waals surface area contributed by atoms with E-state index in [1.54, 1.807) is 0 Å². The molecule has 140 valence electrons. The van der Waals surface area contributed by atoms with E-state index >= 15 is 0 Å². The summed E-state index contributed by atoms with van der Waals surface area (Å²) in [6.07, 6.45) is -0.424. The van der Waals surface area contributed by atoms with Gasteiger partial charge in [0.05, 0.1) is 6.04 Å². The van der Waals surface area contributed by atoms with Gasteiger partial charge in [0, 0.05) is 17.9 Å². The number of carbonyl (C=O) groups excluding carboxylic acids is 1. The molecule has 3 N–H and O–H groups in total. The summed E-state index contributed by atoms with van der Waals surface area (Å²) < 4.78 is 5.46. The summed E-state index contributed by atoms with van der Waals surface area (Å²) in [5, 5.41) is 3.07. The molecule has 0 saturated heterocycles. The average molecular weight is 370 g/mol. The fourth-order valence-corrected chi connectivity index (χ4v) is 4.80. The fourth-order valence-electron chi connectivity index (χ4n) is 4.80. The van der Waals surface area contributed by atoms with Gasteiger partial charge in [0.1, 0.15) is 6.61 Å². The second-order valence-electron chi connectivity index (χ2n) is 7.52. The Labute approximate surface area is 164 Å². The van der Waals surface area contributed by atoms with Crippen molar-refractivity contribution in [3.8, 4) is 0 Å². The second-order valence-corrected chi connectivity index (χ2v) is 7.52. The molecule has 3 aliphatic carbocycles. The molecule has 2 unspecified atom stereocenters. The Morgan fingerprint density at radius 2 is 1.29 bits per heavy atom. The van der Waals surface area contributed by atoms with Crippen LogP contribution in [0.3, 0.4) is 0 Å². The Kier molecular flexibility index (Phi) is 4.14. The molecule has 0 aromatic heterocycles. The normalized spacial score (nSPS) is 24.2. The molecule has 1 amide bonds. The molecule has 28 heavy (non-hydrogen) atoms. The van der Waals surface area contributed by atoms with E-state index in [9.17, 15) is 4.79 Å². The van der Waals surface area contributed by atoms with Crippen molar-refractivity contribution in [2.75, 3.05) is 0 Å². The van der Waals surface area contributed by atoms with Crippen molar-refractivity contribution >= 4 is 6.09 Å². The number of hydrogen-bond donors (Lipinski definition) is 2. The van der Waals surface area contributed by atoms with Crippen LogP contribution in [0.1, 0.15) is 39.7 Å². The molecule has 3 aliphatic rings. The molecule has 0 fully saturated rings. The van der Waals surface area contributed by atoms with Gasteiger partial charge < -0.3 is 15.8 Å². The number of ether oxygens (including phenoxy) is 1. The molecule has 2 bridgehead atoms. The monoisotopic (exact) mass is 370 g/mol. The predicted octanol–water partition coefficient (Wildman–Crippen LogP) is 3.90. The lowest BCUT2D eigenvalue weighted by molar-refractivity contribution is 0.130. The Morgan fingerprint density at radius 1 is 0.786 bits per heavy atom. The van der Waals surface area contributed by atoms with Gasteiger partial charge in [-0.3, -0.25) is 0 Å². The largest absolute Gasteiger partial charge is 0.445 e. The van der Waals surface area contributed by atoms with Crippen molar-refractivity contribution in [2.24, 2.45) is 5.73 Å². The topological polar surface area (TPSA) is 64.3 Å². The maximum atomic E-state index is 12.5. The summed E-state index contributed by atoms with van der Waals surface area (Å²) >= 11 is 0. The maximum Gasteiger partial charge on any atom is 0.407 e. The van der Waals surface area contributed by atoms with E-state index in [0.717, 1.165) is 5.56 Å². The molecule has 2 atom stereocenters. The molecule has 0 aliphatic heterocycles. The van der Waals surface area contributed by atoms with E-state index in [-0.39, 0.29) is 30.5 Å².